The van der Waals surface area contributed by atoms with Gasteiger partial charge in [0, 0.05) is 0 Å². The molecule has 2 aromatic carbocycles. The second-order valence-electron chi connectivity index (χ2n) is 5.80. The first-order valence-electron chi connectivity index (χ1n) is 8.13. The van der Waals surface area contributed by atoms with Crippen LogP contribution in [0.4, 0.5) is 0 Å². The first-order chi connectivity index (χ1) is 10.3. The zero-order valence-electron chi connectivity index (χ0n) is 13.0. The van der Waals surface area contributed by atoms with E-state index in [2.05, 4.69) is 67.6 Å². The molecule has 0 spiro atoms. The van der Waals surface area contributed by atoms with Crippen molar-refractivity contribution in [2.75, 3.05) is 0 Å². The summed E-state index contributed by atoms with van der Waals surface area (Å²) in [5.74, 6) is 0. The second kappa shape index (κ2) is 8.63. The van der Waals surface area contributed by atoms with E-state index in [1.165, 1.54) is 49.7 Å². The van der Waals surface area contributed by atoms with Crippen molar-refractivity contribution in [2.45, 2.75) is 48.9 Å². The van der Waals surface area contributed by atoms with E-state index in [1.807, 2.05) is 0 Å². The van der Waals surface area contributed by atoms with Crippen LogP contribution in [0.25, 0.3) is 0 Å². The second-order valence-corrected chi connectivity index (χ2v) is 8.24. The van der Waals surface area contributed by atoms with Gasteiger partial charge in [0.15, 0.2) is 0 Å². The standard InChI is InChI=1S/C20H25.Sn/c1-2-3-4-5-12-17-20(18-13-8-6-9-14-18)19-15-10-7-11-16-19;/h6-11,13-16H,2-5,12,17H2,1H3;. The fraction of sp³-hybridized carbons (Fsp3) is 0.400. The Balaban J connectivity index is 2.15. The van der Waals surface area contributed by atoms with E-state index < -0.39 is 0 Å². The van der Waals surface area contributed by atoms with Crippen LogP contribution in [0.15, 0.2) is 60.7 Å². The number of hydrogen-bond donors (Lipinski definition) is 0. The summed E-state index contributed by atoms with van der Waals surface area (Å²) in [7, 11) is 0. The minimum absolute atomic E-state index is 0.224. The molecule has 21 heavy (non-hydrogen) atoms. The Morgan fingerprint density at radius 1 is 0.714 bits per heavy atom. The zero-order chi connectivity index (χ0) is 15.0. The van der Waals surface area contributed by atoms with Crippen molar-refractivity contribution in [3.63, 3.8) is 0 Å². The third-order valence-corrected chi connectivity index (χ3v) is 6.55. The van der Waals surface area contributed by atoms with E-state index >= 15 is 0 Å². The fourth-order valence-electron chi connectivity index (χ4n) is 2.89. The predicted molar refractivity (Wildman–Crippen MR) is 92.8 cm³/mol. The quantitative estimate of drug-likeness (QED) is 0.419. The summed E-state index contributed by atoms with van der Waals surface area (Å²) >= 11 is 1.60. The summed E-state index contributed by atoms with van der Waals surface area (Å²) in [6.07, 6.45) is 8.04. The van der Waals surface area contributed by atoms with Gasteiger partial charge in [0.1, 0.15) is 0 Å². The Labute approximate surface area is 143 Å². The van der Waals surface area contributed by atoms with Crippen molar-refractivity contribution in [1.29, 1.82) is 0 Å². The normalized spacial score (nSPS) is 11.5. The van der Waals surface area contributed by atoms with Crippen molar-refractivity contribution in [1.82, 2.24) is 0 Å². The van der Waals surface area contributed by atoms with Crippen molar-refractivity contribution < 1.29 is 0 Å². The van der Waals surface area contributed by atoms with Crippen molar-refractivity contribution in [3.8, 4) is 0 Å². The van der Waals surface area contributed by atoms with Gasteiger partial charge in [-0.2, -0.15) is 0 Å². The first kappa shape index (κ1) is 16.6. The van der Waals surface area contributed by atoms with Crippen molar-refractivity contribution >= 4 is 22.5 Å². The molecule has 2 aromatic rings. The molecule has 0 amide bonds. The topological polar surface area (TPSA) is 0 Å². The molecule has 3 radical (unpaired) electrons. The van der Waals surface area contributed by atoms with Gasteiger partial charge in [-0.05, 0) is 0 Å². The number of benzene rings is 2. The van der Waals surface area contributed by atoms with Crippen LogP contribution in [0.3, 0.4) is 0 Å². The average Bonchev–Trinajstić information content (AvgIpc) is 2.56. The molecule has 0 heterocycles. The first-order valence-corrected chi connectivity index (χ1v) is 9.56. The molecule has 109 valence electrons. The molecular weight excluding hydrogens is 359 g/mol. The fourth-order valence-corrected chi connectivity index (χ4v) is 4.35. The summed E-state index contributed by atoms with van der Waals surface area (Å²) in [5, 5.41) is 0. The van der Waals surface area contributed by atoms with Crippen LogP contribution in [-0.2, 0) is 3.43 Å². The van der Waals surface area contributed by atoms with Gasteiger partial charge >= 0.3 is 143 Å². The Morgan fingerprint density at radius 2 is 1.19 bits per heavy atom. The Hall–Kier alpha value is -0.761. The molecule has 2 rings (SSSR count). The monoisotopic (exact) mass is 385 g/mol. The van der Waals surface area contributed by atoms with Gasteiger partial charge in [0.25, 0.3) is 0 Å². The maximum atomic E-state index is 2.30. The van der Waals surface area contributed by atoms with Gasteiger partial charge in [-0.1, -0.05) is 0 Å². The summed E-state index contributed by atoms with van der Waals surface area (Å²) in [4.78, 5) is 0. The summed E-state index contributed by atoms with van der Waals surface area (Å²) < 4.78 is 0.224. The number of rotatable bonds is 8. The number of unbranched alkanes of at least 4 members (excludes halogenated alkanes) is 4. The molecule has 0 fully saturated rings. The molecule has 0 aliphatic heterocycles. The predicted octanol–water partition coefficient (Wildman–Crippen LogP) is 5.46. The van der Waals surface area contributed by atoms with E-state index in [4.69, 9.17) is 0 Å². The average molecular weight is 384 g/mol. The Bertz CT molecular complexity index is 464. The molecule has 1 heteroatoms. The SMILES string of the molecule is CCCCCCC[C]([Sn])(c1ccccc1)c1ccccc1. The molecule has 0 saturated heterocycles. The molecule has 0 unspecified atom stereocenters. The molecule has 0 atom stereocenters. The Morgan fingerprint density at radius 3 is 1.67 bits per heavy atom. The third-order valence-electron chi connectivity index (χ3n) is 4.19. The molecule has 0 nitrogen and oxygen atoms in total. The van der Waals surface area contributed by atoms with E-state index in [0.717, 1.165) is 0 Å². The van der Waals surface area contributed by atoms with Crippen LogP contribution < -0.4 is 0 Å². The van der Waals surface area contributed by atoms with Gasteiger partial charge in [0.05, 0.1) is 0 Å². The van der Waals surface area contributed by atoms with Gasteiger partial charge in [-0.15, -0.1) is 0 Å². The minimum atomic E-state index is 0.224. The van der Waals surface area contributed by atoms with Gasteiger partial charge < -0.3 is 0 Å². The van der Waals surface area contributed by atoms with Crippen molar-refractivity contribution in [2.24, 2.45) is 0 Å². The van der Waals surface area contributed by atoms with Gasteiger partial charge in [-0.3, -0.25) is 0 Å². The zero-order valence-corrected chi connectivity index (χ0v) is 15.9. The Kier molecular flexibility index (Phi) is 6.82. The number of hydrogen-bond acceptors (Lipinski definition) is 0. The summed E-state index contributed by atoms with van der Waals surface area (Å²) in [6.45, 7) is 2.28. The van der Waals surface area contributed by atoms with Gasteiger partial charge in [-0.25, -0.2) is 0 Å². The van der Waals surface area contributed by atoms with Crippen LogP contribution >= 0.6 is 0 Å². The summed E-state index contributed by atoms with van der Waals surface area (Å²) in [6, 6.07) is 22.1. The van der Waals surface area contributed by atoms with Crippen LogP contribution in [0.2, 0.25) is 0 Å². The van der Waals surface area contributed by atoms with E-state index in [-0.39, 0.29) is 3.43 Å². The van der Waals surface area contributed by atoms with Crippen molar-refractivity contribution in [3.05, 3.63) is 71.8 Å². The maximum absolute atomic E-state index is 2.30. The third kappa shape index (κ3) is 4.60. The van der Waals surface area contributed by atoms with Crippen LogP contribution in [-0.4, -0.2) is 22.5 Å². The molecule has 0 saturated carbocycles. The van der Waals surface area contributed by atoms with Crippen LogP contribution in [0, 0.1) is 0 Å². The molecule has 0 aliphatic carbocycles. The van der Waals surface area contributed by atoms with Crippen LogP contribution in [0.1, 0.15) is 56.6 Å². The molecule has 0 aliphatic rings. The van der Waals surface area contributed by atoms with E-state index in [1.54, 1.807) is 22.5 Å². The van der Waals surface area contributed by atoms with Crippen LogP contribution in [0.5, 0.6) is 0 Å². The van der Waals surface area contributed by atoms with Gasteiger partial charge in [0.2, 0.25) is 0 Å². The van der Waals surface area contributed by atoms with E-state index in [0.29, 0.717) is 0 Å². The molecule has 0 N–H and O–H groups in total. The molecule has 0 bridgehead atoms. The van der Waals surface area contributed by atoms with E-state index in [9.17, 15) is 0 Å². The summed E-state index contributed by atoms with van der Waals surface area (Å²) in [5.41, 5.74) is 2.95. The molecular formula is C20H25Sn. The molecule has 0 aromatic heterocycles.